The van der Waals surface area contributed by atoms with Crippen molar-refractivity contribution >= 4 is 29.1 Å². The predicted molar refractivity (Wildman–Crippen MR) is 142 cm³/mol. The van der Waals surface area contributed by atoms with Crippen LogP contribution in [0, 0.1) is 0 Å². The van der Waals surface area contributed by atoms with Crippen LogP contribution in [0.15, 0.2) is 85.3 Å². The number of hydrogen-bond acceptors (Lipinski definition) is 5. The molecule has 0 aliphatic carbocycles. The van der Waals surface area contributed by atoms with Gasteiger partial charge in [-0.1, -0.05) is 47.5 Å². The molecule has 0 saturated carbocycles. The molecule has 6 nitrogen and oxygen atoms in total. The van der Waals surface area contributed by atoms with Crippen molar-refractivity contribution in [2.45, 2.75) is 31.2 Å². The Balaban J connectivity index is 1.62. The fourth-order valence-corrected chi connectivity index (χ4v) is 5.19. The largest absolute Gasteiger partial charge is 0.385 e. The van der Waals surface area contributed by atoms with E-state index in [1.165, 1.54) is 0 Å². The third-order valence-electron chi connectivity index (χ3n) is 6.80. The van der Waals surface area contributed by atoms with Gasteiger partial charge >= 0.3 is 0 Å². The van der Waals surface area contributed by atoms with Gasteiger partial charge in [0.05, 0.1) is 22.9 Å². The minimum absolute atomic E-state index is 0.184. The molecule has 37 heavy (non-hydrogen) atoms. The zero-order valence-corrected chi connectivity index (χ0v) is 21.9. The smallest absolute Gasteiger partial charge is 0.257 e. The van der Waals surface area contributed by atoms with E-state index in [1.807, 2.05) is 36.4 Å². The maximum absolute atomic E-state index is 14.0. The molecule has 188 valence electrons. The summed E-state index contributed by atoms with van der Waals surface area (Å²) in [4.78, 5) is 24.1. The van der Waals surface area contributed by atoms with Gasteiger partial charge in [0.1, 0.15) is 0 Å². The van der Waals surface area contributed by atoms with Crippen LogP contribution in [0.5, 0.6) is 0 Å². The predicted octanol–water partition coefficient (Wildman–Crippen LogP) is 5.74. The summed E-state index contributed by atoms with van der Waals surface area (Å²) in [5.74, 6) is -0.231. The zero-order chi connectivity index (χ0) is 26.2. The van der Waals surface area contributed by atoms with Crippen LogP contribution in [0.3, 0.4) is 0 Å². The minimum Gasteiger partial charge on any atom is -0.385 e. The van der Waals surface area contributed by atoms with Crippen LogP contribution in [0.1, 0.15) is 45.2 Å². The van der Waals surface area contributed by atoms with E-state index in [0.29, 0.717) is 38.9 Å². The molecule has 3 heterocycles. The summed E-state index contributed by atoms with van der Waals surface area (Å²) in [7, 11) is 1.58. The maximum atomic E-state index is 14.0. The van der Waals surface area contributed by atoms with Crippen LogP contribution in [0.25, 0.3) is 0 Å². The summed E-state index contributed by atoms with van der Waals surface area (Å²) in [6.45, 7) is 1.93. The molecule has 1 aliphatic heterocycles. The number of hydrogen-bond donors (Lipinski definition) is 1. The summed E-state index contributed by atoms with van der Waals surface area (Å²) >= 11 is 12.2. The second kappa shape index (κ2) is 9.88. The topological polar surface area (TPSA) is 75.6 Å². The number of methoxy groups -OCH3 is 1. The second-order valence-corrected chi connectivity index (χ2v) is 10.2. The van der Waals surface area contributed by atoms with Crippen LogP contribution in [0.2, 0.25) is 10.0 Å². The molecule has 1 N–H and O–H groups in total. The summed E-state index contributed by atoms with van der Waals surface area (Å²) < 4.78 is 6.19. The van der Waals surface area contributed by atoms with Gasteiger partial charge in [0.25, 0.3) is 5.91 Å². The van der Waals surface area contributed by atoms with E-state index in [1.54, 1.807) is 67.9 Å². The highest BCUT2D eigenvalue weighted by atomic mass is 35.5. The first kappa shape index (κ1) is 25.4. The van der Waals surface area contributed by atoms with Crippen molar-refractivity contribution in [3.05, 3.63) is 129 Å². The van der Waals surface area contributed by atoms with Crippen molar-refractivity contribution in [3.8, 4) is 0 Å². The molecule has 0 spiro atoms. The summed E-state index contributed by atoms with van der Waals surface area (Å²) in [6, 6.07) is 20.0. The van der Waals surface area contributed by atoms with Crippen molar-refractivity contribution in [2.75, 3.05) is 7.11 Å². The van der Waals surface area contributed by atoms with Crippen LogP contribution < -0.4 is 0 Å². The maximum Gasteiger partial charge on any atom is 0.257 e. The fourth-order valence-electron chi connectivity index (χ4n) is 4.96. The Morgan fingerprint density at radius 2 is 1.70 bits per heavy atom. The number of carbonyl (C=O) groups is 1. The van der Waals surface area contributed by atoms with Gasteiger partial charge in [-0.3, -0.25) is 19.7 Å². The molecule has 0 fully saturated rings. The fraction of sp³-hybridized carbons (Fsp3) is 0.207. The molecule has 1 aliphatic rings. The van der Waals surface area contributed by atoms with Crippen LogP contribution in [-0.2, 0) is 29.0 Å². The van der Waals surface area contributed by atoms with Crippen LogP contribution in [0.4, 0.5) is 0 Å². The molecule has 4 aromatic rings. The zero-order valence-electron chi connectivity index (χ0n) is 20.4. The van der Waals surface area contributed by atoms with Crippen LogP contribution in [-0.4, -0.2) is 33.0 Å². The molecule has 0 bridgehead atoms. The molecule has 0 radical (unpaired) electrons. The number of halogens is 2. The van der Waals surface area contributed by atoms with E-state index in [4.69, 9.17) is 27.9 Å². The third-order valence-corrected chi connectivity index (χ3v) is 7.28. The van der Waals surface area contributed by atoms with Gasteiger partial charge in [-0.05, 0) is 60.5 Å². The molecule has 8 heteroatoms. The molecular weight excluding hydrogens is 509 g/mol. The first-order valence-electron chi connectivity index (χ1n) is 11.7. The standard InChI is InChI=1S/C29H25Cl2N3O3/c1-28(36,16-19-11-13-32-14-12-19)21-5-10-26-25(15-21)27(35)34(18-24-9-8-23(31)17-33-24)29(26,37-2)20-3-6-22(30)7-4-20/h3-15,17,36H,16,18H2,1-2H3/t28?,29-/m1/s1. The Hall–Kier alpha value is -3.29. The van der Waals surface area contributed by atoms with E-state index in [0.717, 1.165) is 11.1 Å². The third kappa shape index (κ3) is 4.62. The van der Waals surface area contributed by atoms with Crippen molar-refractivity contribution in [2.24, 2.45) is 0 Å². The van der Waals surface area contributed by atoms with E-state index in [2.05, 4.69) is 9.97 Å². The summed E-state index contributed by atoms with van der Waals surface area (Å²) in [5, 5.41) is 12.5. The highest BCUT2D eigenvalue weighted by Crippen LogP contribution is 2.47. The van der Waals surface area contributed by atoms with Gasteiger partial charge in [0.2, 0.25) is 0 Å². The monoisotopic (exact) mass is 533 g/mol. The highest BCUT2D eigenvalue weighted by Gasteiger charge is 2.52. The van der Waals surface area contributed by atoms with Gasteiger partial charge in [-0.25, -0.2) is 0 Å². The molecular formula is C29H25Cl2N3O3. The van der Waals surface area contributed by atoms with Crippen molar-refractivity contribution in [1.82, 2.24) is 14.9 Å². The van der Waals surface area contributed by atoms with Crippen molar-refractivity contribution in [3.63, 3.8) is 0 Å². The molecule has 1 amide bonds. The van der Waals surface area contributed by atoms with Gasteiger partial charge < -0.3 is 9.84 Å². The average molecular weight is 534 g/mol. The van der Waals surface area contributed by atoms with Crippen LogP contribution >= 0.6 is 23.2 Å². The number of amides is 1. The molecule has 0 saturated heterocycles. The van der Waals surface area contributed by atoms with E-state index >= 15 is 0 Å². The number of rotatable bonds is 7. The normalized spacial score (nSPS) is 18.5. The quantitative estimate of drug-likeness (QED) is 0.328. The molecule has 1 unspecified atom stereocenters. The first-order valence-corrected chi connectivity index (χ1v) is 12.5. The van der Waals surface area contributed by atoms with E-state index in [9.17, 15) is 9.90 Å². The number of ether oxygens (including phenoxy) is 1. The number of pyridine rings is 2. The Morgan fingerprint density at radius 1 is 1.00 bits per heavy atom. The average Bonchev–Trinajstić information content (AvgIpc) is 3.13. The Bertz CT molecular complexity index is 1430. The lowest BCUT2D eigenvalue weighted by atomic mass is 9.86. The molecule has 2 atom stereocenters. The first-order chi connectivity index (χ1) is 17.7. The number of nitrogens with zero attached hydrogens (tertiary/aromatic N) is 3. The molecule has 5 rings (SSSR count). The number of benzene rings is 2. The number of aromatic nitrogens is 2. The Kier molecular flexibility index (Phi) is 6.77. The Morgan fingerprint density at radius 3 is 2.35 bits per heavy atom. The van der Waals surface area contributed by atoms with Gasteiger partial charge in [-0.2, -0.15) is 0 Å². The Labute approximate surface area is 225 Å². The molecule has 2 aromatic heterocycles. The minimum atomic E-state index is -1.21. The number of carbonyl (C=O) groups excluding carboxylic acids is 1. The lowest BCUT2D eigenvalue weighted by molar-refractivity contribution is -0.0868. The molecule has 2 aromatic carbocycles. The second-order valence-electron chi connectivity index (χ2n) is 9.28. The van der Waals surface area contributed by atoms with Gasteiger partial charge in [0, 0.05) is 53.8 Å². The highest BCUT2D eigenvalue weighted by molar-refractivity contribution is 6.30. The summed E-state index contributed by atoms with van der Waals surface area (Å²) in [5.41, 5.74) is 1.69. The van der Waals surface area contributed by atoms with Gasteiger partial charge in [-0.15, -0.1) is 0 Å². The SMILES string of the molecule is CO[C@]1(c2ccc(Cl)cc2)c2ccc(C(C)(O)Cc3ccncc3)cc2C(=O)N1Cc1ccc(Cl)cn1. The van der Waals surface area contributed by atoms with E-state index < -0.39 is 11.3 Å². The van der Waals surface area contributed by atoms with Crippen molar-refractivity contribution < 1.29 is 14.6 Å². The number of aliphatic hydroxyl groups is 1. The lowest BCUT2D eigenvalue weighted by Gasteiger charge is -2.38. The van der Waals surface area contributed by atoms with Crippen molar-refractivity contribution in [1.29, 1.82) is 0 Å². The van der Waals surface area contributed by atoms with Gasteiger partial charge in [0.15, 0.2) is 5.72 Å². The lowest BCUT2D eigenvalue weighted by Crippen LogP contribution is -2.45. The summed E-state index contributed by atoms with van der Waals surface area (Å²) in [6.07, 6.45) is 5.31. The number of fused-ring (bicyclic) bond motifs is 1. The van der Waals surface area contributed by atoms with E-state index in [-0.39, 0.29) is 12.5 Å².